The van der Waals surface area contributed by atoms with E-state index in [9.17, 15) is 4.79 Å². The van der Waals surface area contributed by atoms with Gasteiger partial charge in [-0.15, -0.1) is 0 Å². The molecule has 3 atom stereocenters. The second kappa shape index (κ2) is 6.48. The molecule has 0 aliphatic heterocycles. The quantitative estimate of drug-likeness (QED) is 0.766. The summed E-state index contributed by atoms with van der Waals surface area (Å²) in [5, 5.41) is 3.13. The molecule has 1 aromatic heterocycles. The number of benzene rings is 2. The highest BCUT2D eigenvalue weighted by Crippen LogP contribution is 2.50. The first-order valence-corrected chi connectivity index (χ1v) is 8.94. The zero-order valence-electron chi connectivity index (χ0n) is 15.3. The van der Waals surface area contributed by atoms with Crippen molar-refractivity contribution in [2.75, 3.05) is 7.11 Å². The summed E-state index contributed by atoms with van der Waals surface area (Å²) in [6.07, 6.45) is 0.863. The van der Waals surface area contributed by atoms with Crippen molar-refractivity contribution in [2.24, 2.45) is 13.0 Å². The number of nitrogens with zero attached hydrogens (tertiary/aromatic N) is 2. The monoisotopic (exact) mass is 349 g/mol. The van der Waals surface area contributed by atoms with Gasteiger partial charge in [-0.05, 0) is 43.0 Å². The van der Waals surface area contributed by atoms with Crippen LogP contribution in [0.25, 0.3) is 11.0 Å². The molecule has 0 saturated heterocycles. The Balaban J connectivity index is 1.47. The van der Waals surface area contributed by atoms with Gasteiger partial charge in [0.05, 0.1) is 24.2 Å². The Hall–Kier alpha value is -2.82. The van der Waals surface area contributed by atoms with Crippen molar-refractivity contribution < 1.29 is 9.53 Å². The molecule has 1 aliphatic carbocycles. The Morgan fingerprint density at radius 2 is 1.96 bits per heavy atom. The van der Waals surface area contributed by atoms with E-state index in [-0.39, 0.29) is 23.8 Å². The molecule has 1 aliphatic rings. The topological polar surface area (TPSA) is 56.1 Å². The predicted molar refractivity (Wildman–Crippen MR) is 101 cm³/mol. The van der Waals surface area contributed by atoms with Gasteiger partial charge in [0.2, 0.25) is 5.91 Å². The zero-order valence-corrected chi connectivity index (χ0v) is 15.3. The van der Waals surface area contributed by atoms with Gasteiger partial charge in [0.15, 0.2) is 0 Å². The number of aryl methyl sites for hydroxylation is 1. The summed E-state index contributed by atoms with van der Waals surface area (Å²) >= 11 is 0. The lowest BCUT2D eigenvalue weighted by atomic mass is 10.1. The number of methoxy groups -OCH3 is 1. The lowest BCUT2D eigenvalue weighted by molar-refractivity contribution is -0.123. The van der Waals surface area contributed by atoms with Gasteiger partial charge in [-0.1, -0.05) is 30.3 Å². The summed E-state index contributed by atoms with van der Waals surface area (Å²) in [5.74, 6) is 2.05. The van der Waals surface area contributed by atoms with Crippen LogP contribution in [0.15, 0.2) is 48.5 Å². The van der Waals surface area contributed by atoms with E-state index in [4.69, 9.17) is 4.74 Å². The van der Waals surface area contributed by atoms with Crippen LogP contribution in [0.2, 0.25) is 0 Å². The van der Waals surface area contributed by atoms with Crippen LogP contribution >= 0.6 is 0 Å². The van der Waals surface area contributed by atoms with Crippen LogP contribution in [-0.2, 0) is 11.8 Å². The minimum absolute atomic E-state index is 0.00318. The first-order valence-electron chi connectivity index (χ1n) is 8.94. The number of ether oxygens (including phenoxy) is 1. The molecule has 2 aromatic carbocycles. The van der Waals surface area contributed by atoms with Gasteiger partial charge >= 0.3 is 0 Å². The lowest BCUT2D eigenvalue weighted by Crippen LogP contribution is -2.30. The van der Waals surface area contributed by atoms with Crippen molar-refractivity contribution in [3.63, 3.8) is 0 Å². The SMILES string of the molecule is COc1ccccc1[C@@H]1C[C@@H]1C(=O)N[C@@H](C)c1nc2ccccc2n1C. The molecule has 3 aromatic rings. The number of aromatic nitrogens is 2. The molecule has 0 radical (unpaired) electrons. The van der Waals surface area contributed by atoms with Crippen molar-refractivity contribution in [1.82, 2.24) is 14.9 Å². The number of carbonyl (C=O) groups excluding carboxylic acids is 1. The van der Waals surface area contributed by atoms with Crippen molar-refractivity contribution in [1.29, 1.82) is 0 Å². The number of fused-ring (bicyclic) bond motifs is 1. The highest BCUT2D eigenvalue weighted by atomic mass is 16.5. The molecule has 5 nitrogen and oxygen atoms in total. The summed E-state index contributed by atoms with van der Waals surface area (Å²) in [7, 11) is 3.66. The number of imidazole rings is 1. The zero-order chi connectivity index (χ0) is 18.3. The Kier molecular flexibility index (Phi) is 4.15. The van der Waals surface area contributed by atoms with Gasteiger partial charge in [0.1, 0.15) is 11.6 Å². The van der Waals surface area contributed by atoms with Crippen molar-refractivity contribution >= 4 is 16.9 Å². The Bertz CT molecular complexity index is 963. The van der Waals surface area contributed by atoms with Gasteiger partial charge in [-0.2, -0.15) is 0 Å². The highest BCUT2D eigenvalue weighted by molar-refractivity contribution is 5.83. The van der Waals surface area contributed by atoms with Gasteiger partial charge in [0, 0.05) is 13.0 Å². The van der Waals surface area contributed by atoms with Gasteiger partial charge in [-0.25, -0.2) is 4.98 Å². The third-order valence-corrected chi connectivity index (χ3v) is 5.23. The maximum Gasteiger partial charge on any atom is 0.224 e. The van der Waals surface area contributed by atoms with E-state index in [0.29, 0.717) is 0 Å². The first-order chi connectivity index (χ1) is 12.6. The summed E-state index contributed by atoms with van der Waals surface area (Å²) in [4.78, 5) is 17.4. The standard InChI is InChI=1S/C21H23N3O2/c1-13(20-23-17-9-5-6-10-18(17)24(20)2)22-21(25)16-12-15(16)14-8-4-7-11-19(14)26-3/h4-11,13,15-16H,12H2,1-3H3,(H,22,25)/t13-,15-,16-/m0/s1. The largest absolute Gasteiger partial charge is 0.496 e. The molecular formula is C21H23N3O2. The molecule has 26 heavy (non-hydrogen) atoms. The molecule has 1 heterocycles. The van der Waals surface area contributed by atoms with Crippen LogP contribution in [0.5, 0.6) is 5.75 Å². The number of rotatable bonds is 5. The fraction of sp³-hybridized carbons (Fsp3) is 0.333. The van der Waals surface area contributed by atoms with Crippen LogP contribution in [0, 0.1) is 5.92 Å². The molecule has 5 heteroatoms. The third kappa shape index (κ3) is 2.83. The number of hydrogen-bond donors (Lipinski definition) is 1. The van der Waals surface area contributed by atoms with Gasteiger partial charge < -0.3 is 14.6 Å². The average molecular weight is 349 g/mol. The molecule has 1 saturated carbocycles. The molecular weight excluding hydrogens is 326 g/mol. The minimum atomic E-state index is -0.140. The van der Waals surface area contributed by atoms with Crippen LogP contribution in [0.3, 0.4) is 0 Å². The normalized spacial score (nSPS) is 20.0. The second-order valence-electron chi connectivity index (χ2n) is 6.94. The molecule has 1 amide bonds. The number of carbonyl (C=O) groups is 1. The Morgan fingerprint density at radius 1 is 1.23 bits per heavy atom. The molecule has 1 fully saturated rings. The van der Waals surface area contributed by atoms with E-state index in [1.165, 1.54) is 0 Å². The number of nitrogens with one attached hydrogen (secondary N) is 1. The summed E-state index contributed by atoms with van der Waals surface area (Å²) in [6, 6.07) is 15.8. The predicted octanol–water partition coefficient (Wildman–Crippen LogP) is 3.56. The van der Waals surface area contributed by atoms with Crippen molar-refractivity contribution in [2.45, 2.75) is 25.3 Å². The van der Waals surface area contributed by atoms with E-state index in [1.807, 2.05) is 67.1 Å². The smallest absolute Gasteiger partial charge is 0.224 e. The molecule has 134 valence electrons. The minimum Gasteiger partial charge on any atom is -0.496 e. The fourth-order valence-corrected chi connectivity index (χ4v) is 3.74. The molecule has 0 unspecified atom stereocenters. The summed E-state index contributed by atoms with van der Waals surface area (Å²) < 4.78 is 7.48. The van der Waals surface area contributed by atoms with Crippen LogP contribution in [0.1, 0.15) is 36.7 Å². The molecule has 1 N–H and O–H groups in total. The van der Waals surface area contributed by atoms with Crippen LogP contribution in [-0.4, -0.2) is 22.6 Å². The third-order valence-electron chi connectivity index (χ3n) is 5.23. The number of para-hydroxylation sites is 3. The highest BCUT2D eigenvalue weighted by Gasteiger charge is 2.45. The van der Waals surface area contributed by atoms with Gasteiger partial charge in [0.25, 0.3) is 0 Å². The van der Waals surface area contributed by atoms with Crippen molar-refractivity contribution in [3.05, 3.63) is 59.9 Å². The van der Waals surface area contributed by atoms with E-state index in [0.717, 1.165) is 34.6 Å². The van der Waals surface area contributed by atoms with Gasteiger partial charge in [-0.3, -0.25) is 4.79 Å². The first kappa shape index (κ1) is 16.6. The Labute approximate surface area is 153 Å². The van der Waals surface area contributed by atoms with Crippen LogP contribution in [0.4, 0.5) is 0 Å². The molecule has 0 spiro atoms. The van der Waals surface area contributed by atoms with E-state index in [1.54, 1.807) is 7.11 Å². The fourth-order valence-electron chi connectivity index (χ4n) is 3.74. The molecule has 4 rings (SSSR count). The second-order valence-corrected chi connectivity index (χ2v) is 6.94. The van der Waals surface area contributed by atoms with E-state index < -0.39 is 0 Å². The van der Waals surface area contributed by atoms with Crippen LogP contribution < -0.4 is 10.1 Å². The maximum atomic E-state index is 12.7. The maximum absolute atomic E-state index is 12.7. The van der Waals surface area contributed by atoms with E-state index in [2.05, 4.69) is 10.3 Å². The number of amides is 1. The average Bonchev–Trinajstić information content (AvgIpc) is 3.39. The van der Waals surface area contributed by atoms with E-state index >= 15 is 0 Å². The molecule has 0 bridgehead atoms. The lowest BCUT2D eigenvalue weighted by Gasteiger charge is -2.14. The van der Waals surface area contributed by atoms with Crippen molar-refractivity contribution in [3.8, 4) is 5.75 Å². The number of hydrogen-bond acceptors (Lipinski definition) is 3. The summed E-state index contributed by atoms with van der Waals surface area (Å²) in [5.41, 5.74) is 3.14. The Morgan fingerprint density at radius 3 is 2.73 bits per heavy atom. The summed E-state index contributed by atoms with van der Waals surface area (Å²) in [6.45, 7) is 1.99.